The summed E-state index contributed by atoms with van der Waals surface area (Å²) in [6, 6.07) is 10.3. The van der Waals surface area contributed by atoms with Gasteiger partial charge in [0.15, 0.2) is 0 Å². The fourth-order valence-corrected chi connectivity index (χ4v) is 6.69. The van der Waals surface area contributed by atoms with Gasteiger partial charge in [0.25, 0.3) is 0 Å². The molecule has 1 saturated carbocycles. The number of hydrogen-bond acceptors (Lipinski definition) is 7. The first-order valence-electron chi connectivity index (χ1n) is 15.6. The van der Waals surface area contributed by atoms with Crippen molar-refractivity contribution in [3.05, 3.63) is 35.9 Å². The topological polar surface area (TPSA) is 146 Å². The second-order valence-electron chi connectivity index (χ2n) is 12.3. The van der Waals surface area contributed by atoms with Crippen molar-refractivity contribution in [3.63, 3.8) is 0 Å². The van der Waals surface area contributed by atoms with Crippen molar-refractivity contribution in [1.29, 1.82) is 16.2 Å². The zero-order valence-electron chi connectivity index (χ0n) is 25.9. The van der Waals surface area contributed by atoms with E-state index in [4.69, 9.17) is 22.1 Å². The van der Waals surface area contributed by atoms with Crippen LogP contribution in [-0.4, -0.2) is 69.9 Å². The number of carbonyl (C=O) groups excluding carboxylic acids is 1. The van der Waals surface area contributed by atoms with Gasteiger partial charge in [0.05, 0.1) is 17.6 Å². The zero-order chi connectivity index (χ0) is 31.6. The van der Waals surface area contributed by atoms with E-state index in [-0.39, 0.29) is 55.6 Å². The third-order valence-corrected chi connectivity index (χ3v) is 9.12. The minimum atomic E-state index is -2.66. The van der Waals surface area contributed by atoms with Crippen LogP contribution < -0.4 is 11.2 Å². The fraction of sp³-hybridized carbons (Fsp3) is 0.656. The number of benzene rings is 1. The zero-order valence-corrected chi connectivity index (χ0v) is 25.9. The Morgan fingerprint density at radius 1 is 1.19 bits per heavy atom. The Bertz CT molecular complexity index is 1120. The average molecular weight is 601 g/mol. The van der Waals surface area contributed by atoms with E-state index < -0.39 is 5.92 Å². The molecule has 1 aromatic carbocycles. The van der Waals surface area contributed by atoms with Gasteiger partial charge in [0.1, 0.15) is 5.84 Å². The predicted octanol–water partition coefficient (Wildman–Crippen LogP) is 6.10. The molecule has 43 heavy (non-hydrogen) atoms. The number of carbonyl (C=O) groups is 1. The predicted molar refractivity (Wildman–Crippen MR) is 169 cm³/mol. The van der Waals surface area contributed by atoms with Crippen molar-refractivity contribution in [2.75, 3.05) is 6.54 Å². The van der Waals surface area contributed by atoms with Gasteiger partial charge in [-0.1, -0.05) is 30.3 Å². The number of hydrazone groups is 1. The van der Waals surface area contributed by atoms with E-state index in [1.807, 2.05) is 30.3 Å². The highest BCUT2D eigenvalue weighted by atomic mass is 19.3. The van der Waals surface area contributed by atoms with E-state index in [0.717, 1.165) is 37.6 Å². The molecule has 6 N–H and O–H groups in total. The maximum absolute atomic E-state index is 13.7. The molecule has 0 radical (unpaired) electrons. The Labute approximate surface area is 255 Å². The quantitative estimate of drug-likeness (QED) is 0.0760. The van der Waals surface area contributed by atoms with Gasteiger partial charge in [-0.3, -0.25) is 20.5 Å². The number of nitrogens with zero attached hydrogens (tertiary/aromatic N) is 3. The number of hydrogen-bond donors (Lipinski definition) is 5. The number of nitrogens with two attached hydrogens (primary N) is 1. The van der Waals surface area contributed by atoms with Crippen LogP contribution in [-0.2, 0) is 4.79 Å². The lowest BCUT2D eigenvalue weighted by atomic mass is 9.86. The lowest BCUT2D eigenvalue weighted by Crippen LogP contribution is -2.46. The molecule has 4 atom stereocenters. The summed E-state index contributed by atoms with van der Waals surface area (Å²) < 4.78 is 27.4. The lowest BCUT2D eigenvalue weighted by Gasteiger charge is -2.36. The molecular weight excluding hydrogens is 550 g/mol. The van der Waals surface area contributed by atoms with Crippen LogP contribution in [0.1, 0.15) is 103 Å². The van der Waals surface area contributed by atoms with Gasteiger partial charge in [-0.05, 0) is 77.7 Å². The van der Waals surface area contributed by atoms with Gasteiger partial charge in [0, 0.05) is 56.1 Å². The Balaban J connectivity index is 1.63. The van der Waals surface area contributed by atoms with Crippen molar-refractivity contribution in [2.24, 2.45) is 16.9 Å². The number of likely N-dealkylation sites (tertiary alicyclic amines) is 1. The number of amidine groups is 2. The molecule has 4 unspecified atom stereocenters. The molecule has 9 nitrogen and oxygen atoms in total. The molecule has 3 rings (SSSR count). The third kappa shape index (κ3) is 9.91. The number of halogens is 2. The molecule has 1 saturated heterocycles. The minimum absolute atomic E-state index is 0.0396. The molecule has 1 heterocycles. The normalized spacial score (nSPS) is 22.5. The van der Waals surface area contributed by atoms with Crippen LogP contribution in [0.4, 0.5) is 8.78 Å². The summed E-state index contributed by atoms with van der Waals surface area (Å²) in [6.07, 6.45) is 6.29. The molecule has 0 bridgehead atoms. The summed E-state index contributed by atoms with van der Waals surface area (Å²) in [5, 5.41) is 31.2. The smallest absolute Gasteiger partial charge is 0.248 e. The number of rotatable bonds is 14. The van der Waals surface area contributed by atoms with E-state index in [1.165, 1.54) is 0 Å². The maximum Gasteiger partial charge on any atom is 0.248 e. The van der Waals surface area contributed by atoms with Crippen LogP contribution in [0, 0.1) is 22.1 Å². The summed E-state index contributed by atoms with van der Waals surface area (Å²) in [5.74, 6) is 2.84. The second kappa shape index (κ2) is 16.0. The van der Waals surface area contributed by atoms with E-state index >= 15 is 0 Å². The highest BCUT2D eigenvalue weighted by Gasteiger charge is 2.38. The van der Waals surface area contributed by atoms with Crippen LogP contribution in [0.3, 0.4) is 0 Å². The van der Waals surface area contributed by atoms with Gasteiger partial charge < -0.3 is 21.5 Å². The van der Waals surface area contributed by atoms with E-state index in [0.29, 0.717) is 49.1 Å². The van der Waals surface area contributed by atoms with Crippen molar-refractivity contribution in [1.82, 2.24) is 15.1 Å². The summed E-state index contributed by atoms with van der Waals surface area (Å²) in [7, 11) is 0. The fourth-order valence-electron chi connectivity index (χ4n) is 6.69. The Kier molecular flexibility index (Phi) is 12.8. The SMILES string of the molecule is CC(=N)N(C(=N)CCC/C(C=N)=N/N)C(C)CC1CCC(C)N1CCC(NC(=O)C1CCC(F)(F)CC1)c1ccccc1. The first-order chi connectivity index (χ1) is 20.5. The van der Waals surface area contributed by atoms with Crippen LogP contribution in [0.25, 0.3) is 0 Å². The van der Waals surface area contributed by atoms with Gasteiger partial charge in [0.2, 0.25) is 11.8 Å². The number of nitrogens with one attached hydrogen (secondary N) is 4. The minimum Gasteiger partial charge on any atom is -0.349 e. The van der Waals surface area contributed by atoms with Gasteiger partial charge in [-0.2, -0.15) is 5.10 Å². The van der Waals surface area contributed by atoms with E-state index in [1.54, 1.807) is 11.8 Å². The van der Waals surface area contributed by atoms with Crippen molar-refractivity contribution in [2.45, 2.75) is 121 Å². The van der Waals surface area contributed by atoms with Gasteiger partial charge >= 0.3 is 0 Å². The van der Waals surface area contributed by atoms with Crippen molar-refractivity contribution < 1.29 is 13.6 Å². The molecule has 1 aliphatic carbocycles. The molecule has 2 fully saturated rings. The van der Waals surface area contributed by atoms with Crippen LogP contribution in [0.2, 0.25) is 0 Å². The highest BCUT2D eigenvalue weighted by molar-refractivity contribution is 6.29. The molecule has 1 amide bonds. The Morgan fingerprint density at radius 3 is 2.47 bits per heavy atom. The molecule has 1 aromatic rings. The largest absolute Gasteiger partial charge is 0.349 e. The molecular formula is C32H50F2N8O. The lowest BCUT2D eigenvalue weighted by molar-refractivity contribution is -0.130. The molecule has 238 valence electrons. The molecule has 1 aliphatic heterocycles. The molecule has 11 heteroatoms. The summed E-state index contributed by atoms with van der Waals surface area (Å²) in [6.45, 7) is 6.78. The monoisotopic (exact) mass is 600 g/mol. The Morgan fingerprint density at radius 2 is 1.86 bits per heavy atom. The average Bonchev–Trinajstić information content (AvgIpc) is 3.31. The standard InChI is InChI=1S/C32H50F2N8O/c1-22-12-13-28(20-23(2)42(24(3)36)30(37)11-7-10-27(21-35)40-38)41(22)19-16-29(25-8-5-4-6-9-25)39-31(43)26-14-17-32(33,34)18-15-26/h4-6,8-9,21-23,26,28-29,35-37H,7,10-20,38H2,1-3H3,(H,39,43)/b35-21?,36-24?,37-30?,40-27-. The van der Waals surface area contributed by atoms with E-state index in [2.05, 4.69) is 29.2 Å². The number of alkyl halides is 2. The third-order valence-electron chi connectivity index (χ3n) is 9.12. The first-order valence-corrected chi connectivity index (χ1v) is 15.6. The van der Waals surface area contributed by atoms with Crippen molar-refractivity contribution >= 4 is 29.5 Å². The summed E-state index contributed by atoms with van der Waals surface area (Å²) in [5.41, 5.74) is 1.50. The van der Waals surface area contributed by atoms with Crippen LogP contribution in [0.5, 0.6) is 0 Å². The van der Waals surface area contributed by atoms with Gasteiger partial charge in [-0.25, -0.2) is 8.78 Å². The molecule has 2 aliphatic rings. The van der Waals surface area contributed by atoms with E-state index in [9.17, 15) is 13.6 Å². The van der Waals surface area contributed by atoms with Gasteiger partial charge in [-0.15, -0.1) is 0 Å². The molecule has 0 aromatic heterocycles. The van der Waals surface area contributed by atoms with Crippen LogP contribution in [0.15, 0.2) is 35.4 Å². The van der Waals surface area contributed by atoms with Crippen molar-refractivity contribution in [3.8, 4) is 0 Å². The number of amides is 1. The summed E-state index contributed by atoms with van der Waals surface area (Å²) in [4.78, 5) is 17.5. The van der Waals surface area contributed by atoms with Crippen LogP contribution >= 0.6 is 0 Å². The molecule has 0 spiro atoms. The summed E-state index contributed by atoms with van der Waals surface area (Å²) >= 11 is 0. The maximum atomic E-state index is 13.7. The first kappa shape index (κ1) is 34.3. The highest BCUT2D eigenvalue weighted by Crippen LogP contribution is 2.37. The Hall–Kier alpha value is -3.21. The second-order valence-corrected chi connectivity index (χ2v) is 12.3.